The first-order chi connectivity index (χ1) is 6.15. The lowest BCUT2D eigenvalue weighted by Crippen LogP contribution is -2.12. The van der Waals surface area contributed by atoms with Gasteiger partial charge in [-0.05, 0) is 30.4 Å². The number of hydrogen-bond acceptors (Lipinski definition) is 2. The Hall–Kier alpha value is -0.180. The van der Waals surface area contributed by atoms with Gasteiger partial charge in [0.15, 0.2) is 0 Å². The molecule has 0 aliphatic rings. The molecule has 2 N–H and O–H groups in total. The maximum Gasteiger partial charge on any atom is 0.0438 e. The Labute approximate surface area is 88.7 Å². The van der Waals surface area contributed by atoms with Crippen molar-refractivity contribution < 1.29 is 0 Å². The fraction of sp³-hybridized carbons (Fsp3) is 0.400. The molecule has 1 aromatic carbocycles. The van der Waals surface area contributed by atoms with Gasteiger partial charge >= 0.3 is 0 Å². The van der Waals surface area contributed by atoms with Crippen LogP contribution in [0.3, 0.4) is 0 Å². The number of halogens is 1. The zero-order valence-corrected chi connectivity index (χ0v) is 9.45. The monoisotopic (exact) mass is 215 g/mol. The second-order valence-electron chi connectivity index (χ2n) is 3.07. The minimum atomic E-state index is 0.0908. The van der Waals surface area contributed by atoms with Gasteiger partial charge in [-0.1, -0.05) is 23.7 Å². The molecule has 1 nitrogen and oxygen atoms in total. The van der Waals surface area contributed by atoms with Crippen molar-refractivity contribution >= 4 is 23.4 Å². The fourth-order valence-corrected chi connectivity index (χ4v) is 1.86. The van der Waals surface area contributed by atoms with Gasteiger partial charge < -0.3 is 5.73 Å². The average Bonchev–Trinajstić information content (AvgIpc) is 2.10. The Morgan fingerprint density at radius 2 is 2.23 bits per heavy atom. The quantitative estimate of drug-likeness (QED) is 0.839. The summed E-state index contributed by atoms with van der Waals surface area (Å²) in [6.45, 7) is 1.99. The molecule has 0 saturated carbocycles. The maximum absolute atomic E-state index is 6.00. The van der Waals surface area contributed by atoms with Crippen LogP contribution in [0.4, 0.5) is 0 Å². The van der Waals surface area contributed by atoms with E-state index >= 15 is 0 Å². The second-order valence-corrected chi connectivity index (χ2v) is 4.39. The van der Waals surface area contributed by atoms with Gasteiger partial charge in [0.1, 0.15) is 0 Å². The van der Waals surface area contributed by atoms with Gasteiger partial charge in [0.25, 0.3) is 0 Å². The highest BCUT2D eigenvalue weighted by atomic mass is 35.5. The second kappa shape index (κ2) is 4.89. The molecule has 3 heteroatoms. The van der Waals surface area contributed by atoms with Gasteiger partial charge in [0.2, 0.25) is 0 Å². The third-order valence-corrected chi connectivity index (χ3v) is 3.07. The van der Waals surface area contributed by atoms with E-state index in [-0.39, 0.29) is 6.04 Å². The molecule has 0 radical (unpaired) electrons. The van der Waals surface area contributed by atoms with Gasteiger partial charge in [-0.3, -0.25) is 0 Å². The van der Waals surface area contributed by atoms with Crippen LogP contribution in [0.2, 0.25) is 5.02 Å². The Balaban J connectivity index is 2.84. The third-order valence-electron chi connectivity index (χ3n) is 1.97. The van der Waals surface area contributed by atoms with Crippen LogP contribution in [-0.2, 0) is 0 Å². The minimum Gasteiger partial charge on any atom is -0.323 e. The van der Waals surface area contributed by atoms with Crippen molar-refractivity contribution in [3.8, 4) is 0 Å². The number of thioether (sulfide) groups is 1. The maximum atomic E-state index is 6.00. The summed E-state index contributed by atoms with van der Waals surface area (Å²) in [4.78, 5) is 0. The summed E-state index contributed by atoms with van der Waals surface area (Å²) >= 11 is 7.74. The van der Waals surface area contributed by atoms with Crippen molar-refractivity contribution in [1.29, 1.82) is 0 Å². The zero-order chi connectivity index (χ0) is 9.84. The highest BCUT2D eigenvalue weighted by Gasteiger charge is 2.06. The SMILES string of the molecule is CSCC(N)c1ccc(C)c(Cl)c1. The standard InChI is InChI=1S/C10H14ClNS/c1-7-3-4-8(5-9(7)11)10(12)6-13-2/h3-5,10H,6,12H2,1-2H3. The molecular formula is C10H14ClNS. The summed E-state index contributed by atoms with van der Waals surface area (Å²) in [5, 5.41) is 0.800. The van der Waals surface area contributed by atoms with E-state index in [0.29, 0.717) is 0 Å². The molecule has 0 spiro atoms. The highest BCUT2D eigenvalue weighted by Crippen LogP contribution is 2.21. The molecule has 0 bridgehead atoms. The van der Waals surface area contributed by atoms with Crippen molar-refractivity contribution in [2.75, 3.05) is 12.0 Å². The van der Waals surface area contributed by atoms with Crippen molar-refractivity contribution in [2.24, 2.45) is 5.73 Å². The summed E-state index contributed by atoms with van der Waals surface area (Å²) in [5.41, 5.74) is 8.16. The van der Waals surface area contributed by atoms with E-state index in [0.717, 1.165) is 21.9 Å². The van der Waals surface area contributed by atoms with Crippen molar-refractivity contribution in [3.05, 3.63) is 34.3 Å². The molecule has 72 valence electrons. The smallest absolute Gasteiger partial charge is 0.0438 e. The number of rotatable bonds is 3. The summed E-state index contributed by atoms with van der Waals surface area (Å²) in [6, 6.07) is 6.10. The molecule has 1 unspecified atom stereocenters. The van der Waals surface area contributed by atoms with Gasteiger partial charge in [-0.25, -0.2) is 0 Å². The number of benzene rings is 1. The lowest BCUT2D eigenvalue weighted by molar-refractivity contribution is 0.832. The van der Waals surface area contributed by atoms with Crippen LogP contribution >= 0.6 is 23.4 Å². The molecule has 0 aromatic heterocycles. The van der Waals surface area contributed by atoms with Gasteiger partial charge in [-0.2, -0.15) is 11.8 Å². The van der Waals surface area contributed by atoms with E-state index in [4.69, 9.17) is 17.3 Å². The molecule has 0 fully saturated rings. The van der Waals surface area contributed by atoms with Crippen LogP contribution in [0.25, 0.3) is 0 Å². The third kappa shape index (κ3) is 2.90. The molecule has 0 aliphatic heterocycles. The Bertz CT molecular complexity index is 288. The van der Waals surface area contributed by atoms with E-state index in [2.05, 4.69) is 6.26 Å². The fourth-order valence-electron chi connectivity index (χ4n) is 1.12. The predicted molar refractivity (Wildman–Crippen MR) is 61.5 cm³/mol. The van der Waals surface area contributed by atoms with Gasteiger partial charge in [0.05, 0.1) is 0 Å². The molecule has 0 amide bonds. The summed E-state index contributed by atoms with van der Waals surface area (Å²) in [7, 11) is 0. The largest absolute Gasteiger partial charge is 0.323 e. The van der Waals surface area contributed by atoms with Crippen LogP contribution in [0.5, 0.6) is 0 Å². The average molecular weight is 216 g/mol. The van der Waals surface area contributed by atoms with Crippen molar-refractivity contribution in [2.45, 2.75) is 13.0 Å². The summed E-state index contributed by atoms with van der Waals surface area (Å²) < 4.78 is 0. The first kappa shape index (κ1) is 10.9. The number of hydrogen-bond donors (Lipinski definition) is 1. The topological polar surface area (TPSA) is 26.0 Å². The summed E-state index contributed by atoms with van der Waals surface area (Å²) in [6.07, 6.45) is 2.05. The molecule has 0 saturated heterocycles. The van der Waals surface area contributed by atoms with Crippen LogP contribution in [-0.4, -0.2) is 12.0 Å². The van der Waals surface area contributed by atoms with Crippen molar-refractivity contribution in [3.63, 3.8) is 0 Å². The first-order valence-electron chi connectivity index (χ1n) is 4.15. The molecule has 13 heavy (non-hydrogen) atoms. The van der Waals surface area contributed by atoms with Crippen LogP contribution in [0, 0.1) is 6.92 Å². The van der Waals surface area contributed by atoms with E-state index in [1.807, 2.05) is 25.1 Å². The molecule has 0 aliphatic carbocycles. The van der Waals surface area contributed by atoms with Gasteiger partial charge in [0, 0.05) is 16.8 Å². The zero-order valence-electron chi connectivity index (χ0n) is 7.88. The van der Waals surface area contributed by atoms with E-state index in [9.17, 15) is 0 Å². The minimum absolute atomic E-state index is 0.0908. The van der Waals surface area contributed by atoms with E-state index < -0.39 is 0 Å². The van der Waals surface area contributed by atoms with Crippen molar-refractivity contribution in [1.82, 2.24) is 0 Å². The lowest BCUT2D eigenvalue weighted by Gasteiger charge is -2.11. The lowest BCUT2D eigenvalue weighted by atomic mass is 10.1. The number of aryl methyl sites for hydroxylation is 1. The molecule has 0 heterocycles. The Kier molecular flexibility index (Phi) is 4.10. The van der Waals surface area contributed by atoms with E-state index in [1.165, 1.54) is 0 Å². The predicted octanol–water partition coefficient (Wildman–Crippen LogP) is 3.01. The highest BCUT2D eigenvalue weighted by molar-refractivity contribution is 7.98. The van der Waals surface area contributed by atoms with Gasteiger partial charge in [-0.15, -0.1) is 0 Å². The van der Waals surface area contributed by atoms with Crippen LogP contribution < -0.4 is 5.73 Å². The van der Waals surface area contributed by atoms with Crippen LogP contribution in [0.1, 0.15) is 17.2 Å². The van der Waals surface area contributed by atoms with Crippen LogP contribution in [0.15, 0.2) is 18.2 Å². The Morgan fingerprint density at radius 3 is 2.77 bits per heavy atom. The molecular weight excluding hydrogens is 202 g/mol. The normalized spacial score (nSPS) is 12.9. The molecule has 1 aromatic rings. The molecule has 1 rings (SSSR count). The summed E-state index contributed by atoms with van der Waals surface area (Å²) in [5.74, 6) is 0.930. The number of nitrogens with two attached hydrogens (primary N) is 1. The van der Waals surface area contributed by atoms with E-state index in [1.54, 1.807) is 11.8 Å². The first-order valence-corrected chi connectivity index (χ1v) is 5.93. The Morgan fingerprint density at radius 1 is 1.54 bits per heavy atom. The molecule has 1 atom stereocenters.